The third kappa shape index (κ3) is 5.58. The Morgan fingerprint density at radius 3 is 2.24 bits per heavy atom. The second-order valence-corrected chi connectivity index (χ2v) is 16.2. The fraction of sp³-hybridized carbons (Fsp3) is 0.600. The maximum atomic E-state index is 13.2. The highest BCUT2D eigenvalue weighted by molar-refractivity contribution is 6.74. The number of aromatic nitrogens is 1. The summed E-state index contributed by atoms with van der Waals surface area (Å²) in [5.41, 5.74) is -0.236. The molecule has 9 heteroatoms. The van der Waals surface area contributed by atoms with Gasteiger partial charge >= 0.3 is 5.97 Å². The number of aryl methyl sites for hydroxylation is 1. The Morgan fingerprint density at radius 1 is 1.18 bits per heavy atom. The fourth-order valence-electron chi connectivity index (χ4n) is 3.55. The van der Waals surface area contributed by atoms with Gasteiger partial charge in [0.1, 0.15) is 5.56 Å². The van der Waals surface area contributed by atoms with Crippen LogP contribution in [0, 0.1) is 22.5 Å². The molecular formula is C25H38N2O6Si. The van der Waals surface area contributed by atoms with Crippen molar-refractivity contribution in [2.24, 2.45) is 5.41 Å². The van der Waals surface area contributed by atoms with Crippen LogP contribution in [0.3, 0.4) is 0 Å². The summed E-state index contributed by atoms with van der Waals surface area (Å²) >= 11 is 0. The molecule has 2 rings (SSSR count). The van der Waals surface area contributed by atoms with Crippen molar-refractivity contribution < 1.29 is 18.9 Å². The predicted molar refractivity (Wildman–Crippen MR) is 137 cm³/mol. The van der Waals surface area contributed by atoms with Gasteiger partial charge < -0.3 is 13.7 Å². The van der Waals surface area contributed by atoms with E-state index in [1.54, 1.807) is 19.9 Å². The summed E-state index contributed by atoms with van der Waals surface area (Å²) in [5.74, 6) is -0.746. The minimum atomic E-state index is -2.10. The van der Waals surface area contributed by atoms with Crippen LogP contribution in [-0.4, -0.2) is 37.0 Å². The van der Waals surface area contributed by atoms with Crippen molar-refractivity contribution in [1.29, 1.82) is 0 Å². The molecular weight excluding hydrogens is 452 g/mol. The molecule has 0 unspecified atom stereocenters. The van der Waals surface area contributed by atoms with E-state index >= 15 is 0 Å². The molecule has 34 heavy (non-hydrogen) atoms. The number of hydrogen-bond donors (Lipinski definition) is 0. The van der Waals surface area contributed by atoms with Crippen LogP contribution < -0.4 is 5.43 Å². The van der Waals surface area contributed by atoms with E-state index < -0.39 is 24.6 Å². The number of benzene rings is 1. The smallest absolute Gasteiger partial charge is 0.343 e. The van der Waals surface area contributed by atoms with Gasteiger partial charge in [-0.25, -0.2) is 4.79 Å². The predicted octanol–water partition coefficient (Wildman–Crippen LogP) is 6.00. The second-order valence-electron chi connectivity index (χ2n) is 11.4. The van der Waals surface area contributed by atoms with Crippen LogP contribution in [0.25, 0.3) is 10.9 Å². The molecule has 0 saturated heterocycles. The van der Waals surface area contributed by atoms with Crippen molar-refractivity contribution in [1.82, 2.24) is 4.57 Å². The lowest BCUT2D eigenvalue weighted by molar-refractivity contribution is -0.385. The zero-order valence-corrected chi connectivity index (χ0v) is 23.1. The van der Waals surface area contributed by atoms with Gasteiger partial charge in [-0.1, -0.05) is 41.5 Å². The van der Waals surface area contributed by atoms with E-state index in [1.807, 2.05) is 4.57 Å². The molecule has 0 amide bonds. The topological polar surface area (TPSA) is 101 Å². The number of ether oxygens (including phenoxy) is 1. The van der Waals surface area contributed by atoms with Crippen LogP contribution in [0.4, 0.5) is 5.69 Å². The Morgan fingerprint density at radius 2 is 1.76 bits per heavy atom. The quantitative estimate of drug-likeness (QED) is 0.204. The molecule has 188 valence electrons. The number of nitro groups is 1. The minimum absolute atomic E-state index is 0.00827. The van der Waals surface area contributed by atoms with E-state index in [4.69, 9.17) is 9.16 Å². The number of hydrogen-bond acceptors (Lipinski definition) is 6. The zero-order valence-electron chi connectivity index (χ0n) is 22.1. The van der Waals surface area contributed by atoms with Crippen molar-refractivity contribution in [3.8, 4) is 0 Å². The Hall–Kier alpha value is -2.52. The molecule has 0 aliphatic rings. The molecule has 0 aliphatic heterocycles. The highest BCUT2D eigenvalue weighted by atomic mass is 28.4. The summed E-state index contributed by atoms with van der Waals surface area (Å²) in [5, 5.41) is 11.7. The van der Waals surface area contributed by atoms with Crippen LogP contribution in [0.15, 0.2) is 23.1 Å². The number of pyridine rings is 1. The monoisotopic (exact) mass is 490 g/mol. The lowest BCUT2D eigenvalue weighted by Gasteiger charge is -2.40. The first-order valence-electron chi connectivity index (χ1n) is 11.6. The molecule has 0 fully saturated rings. The van der Waals surface area contributed by atoms with Crippen molar-refractivity contribution >= 4 is 30.9 Å². The molecule has 2 aromatic rings. The van der Waals surface area contributed by atoms with E-state index in [1.165, 1.54) is 12.3 Å². The van der Waals surface area contributed by atoms with Crippen molar-refractivity contribution in [3.63, 3.8) is 0 Å². The van der Waals surface area contributed by atoms with Gasteiger partial charge in [0.15, 0.2) is 8.32 Å². The zero-order chi connectivity index (χ0) is 26.2. The number of nitrogens with zero attached hydrogens (tertiary/aromatic N) is 2. The highest BCUT2D eigenvalue weighted by Gasteiger charge is 2.39. The van der Waals surface area contributed by atoms with Crippen LogP contribution in [0.2, 0.25) is 18.1 Å². The average molecular weight is 491 g/mol. The number of rotatable bonds is 7. The van der Waals surface area contributed by atoms with Gasteiger partial charge in [0, 0.05) is 17.8 Å². The third-order valence-corrected chi connectivity index (χ3v) is 11.3. The first kappa shape index (κ1) is 27.7. The molecule has 0 N–H and O–H groups in total. The molecule has 0 saturated carbocycles. The molecule has 0 aliphatic carbocycles. The van der Waals surface area contributed by atoms with Crippen molar-refractivity contribution in [2.75, 3.05) is 13.2 Å². The standard InChI is InChI=1S/C25H38N2O6Si/c1-11-32-23(29)18-14-26(20-12-16(2)19(27(30)31)13-17(20)22(18)28)21(24(3,4)5)15-33-34(9,10)25(6,7)8/h12-14,21H,11,15H2,1-10H3/t21-/m1/s1. The van der Waals surface area contributed by atoms with Gasteiger partial charge in [0.2, 0.25) is 5.43 Å². The second kappa shape index (κ2) is 9.62. The largest absolute Gasteiger partial charge is 0.462 e. The van der Waals surface area contributed by atoms with Crippen LogP contribution in [0.5, 0.6) is 0 Å². The Balaban J connectivity index is 2.86. The van der Waals surface area contributed by atoms with Gasteiger partial charge in [-0.05, 0) is 43.5 Å². The molecule has 1 aromatic heterocycles. The number of carbonyl (C=O) groups is 1. The fourth-order valence-corrected chi connectivity index (χ4v) is 4.56. The lowest BCUT2D eigenvalue weighted by atomic mass is 9.86. The van der Waals surface area contributed by atoms with Gasteiger partial charge in [0.25, 0.3) is 5.69 Å². The molecule has 0 bridgehead atoms. The number of nitro benzene ring substituents is 1. The van der Waals surface area contributed by atoms with Gasteiger partial charge in [-0.2, -0.15) is 0 Å². The normalized spacial score (nSPS) is 13.7. The lowest BCUT2D eigenvalue weighted by Crippen LogP contribution is -2.43. The highest BCUT2D eigenvalue weighted by Crippen LogP contribution is 2.40. The first-order chi connectivity index (χ1) is 15.4. The summed E-state index contributed by atoms with van der Waals surface area (Å²) in [6.07, 6.45) is 1.53. The summed E-state index contributed by atoms with van der Waals surface area (Å²) in [4.78, 5) is 37.0. The average Bonchev–Trinajstić information content (AvgIpc) is 2.67. The minimum Gasteiger partial charge on any atom is -0.462 e. The van der Waals surface area contributed by atoms with E-state index in [0.29, 0.717) is 17.7 Å². The van der Waals surface area contributed by atoms with E-state index in [2.05, 4.69) is 54.6 Å². The van der Waals surface area contributed by atoms with Crippen LogP contribution in [-0.2, 0) is 9.16 Å². The van der Waals surface area contributed by atoms with Crippen LogP contribution in [0.1, 0.15) is 70.4 Å². The Labute approximate surface area is 202 Å². The Bertz CT molecular complexity index is 1160. The van der Waals surface area contributed by atoms with Crippen molar-refractivity contribution in [2.45, 2.75) is 79.6 Å². The van der Waals surface area contributed by atoms with Gasteiger partial charge in [-0.3, -0.25) is 14.9 Å². The Kier molecular flexibility index (Phi) is 7.84. The molecule has 1 heterocycles. The van der Waals surface area contributed by atoms with Gasteiger partial charge in [0.05, 0.1) is 35.1 Å². The number of esters is 1. The SMILES string of the molecule is CCOC(=O)c1cn([C@H](CO[Si](C)(C)C(C)(C)C)C(C)(C)C)c2cc(C)c([N+](=O)[O-])cc2c1=O. The summed E-state index contributed by atoms with van der Waals surface area (Å²) in [6, 6.07) is 2.66. The molecule has 8 nitrogen and oxygen atoms in total. The van der Waals surface area contributed by atoms with E-state index in [9.17, 15) is 19.7 Å². The van der Waals surface area contributed by atoms with Crippen molar-refractivity contribution in [3.05, 3.63) is 49.8 Å². The maximum absolute atomic E-state index is 13.2. The first-order valence-corrected chi connectivity index (χ1v) is 14.5. The van der Waals surface area contributed by atoms with E-state index in [0.717, 1.165) is 0 Å². The third-order valence-electron chi connectivity index (χ3n) is 6.79. The van der Waals surface area contributed by atoms with Gasteiger partial charge in [-0.15, -0.1) is 0 Å². The summed E-state index contributed by atoms with van der Waals surface area (Å²) in [6.45, 7) is 20.8. The van der Waals surface area contributed by atoms with Crippen LogP contribution >= 0.6 is 0 Å². The maximum Gasteiger partial charge on any atom is 0.343 e. The summed E-state index contributed by atoms with van der Waals surface area (Å²) < 4.78 is 13.6. The van der Waals surface area contributed by atoms with E-state index in [-0.39, 0.29) is 39.7 Å². The number of carbonyl (C=O) groups excluding carboxylic acids is 1. The number of fused-ring (bicyclic) bond motifs is 1. The molecule has 1 atom stereocenters. The molecule has 1 aromatic carbocycles. The molecule has 0 spiro atoms. The summed E-state index contributed by atoms with van der Waals surface area (Å²) in [7, 11) is -2.10. The molecule has 0 radical (unpaired) electrons.